The monoisotopic (exact) mass is 169 g/mol. The van der Waals surface area contributed by atoms with E-state index < -0.39 is 0 Å². The van der Waals surface area contributed by atoms with E-state index >= 15 is 0 Å². The minimum Gasteiger partial charge on any atom is -0.301 e. The van der Waals surface area contributed by atoms with Gasteiger partial charge in [-0.05, 0) is 31.1 Å². The average molecular weight is 169 g/mol. The maximum atomic E-state index is 5.23. The van der Waals surface area contributed by atoms with E-state index in [4.69, 9.17) is 10.7 Å². The zero-order valence-electron chi connectivity index (χ0n) is 7.67. The molecule has 2 rings (SSSR count). The highest BCUT2D eigenvalue weighted by atomic mass is 16.6. The Balaban J connectivity index is 1.90. The van der Waals surface area contributed by atoms with Crippen LogP contribution in [0.1, 0.15) is 44.9 Å². The van der Waals surface area contributed by atoms with Gasteiger partial charge in [-0.25, -0.2) is 5.90 Å². The van der Waals surface area contributed by atoms with Gasteiger partial charge in [-0.2, -0.15) is 0 Å². The second-order valence-electron chi connectivity index (χ2n) is 4.38. The Hall–Kier alpha value is -0.0800. The maximum absolute atomic E-state index is 5.23. The largest absolute Gasteiger partial charge is 0.301 e. The second kappa shape index (κ2) is 3.75. The topological polar surface area (TPSA) is 35.2 Å². The first kappa shape index (κ1) is 8.52. The van der Waals surface area contributed by atoms with Crippen LogP contribution in [0, 0.1) is 11.8 Å². The summed E-state index contributed by atoms with van der Waals surface area (Å²) in [6.07, 6.45) is 9.90. The second-order valence-corrected chi connectivity index (χ2v) is 4.38. The molecule has 0 amide bonds. The molecule has 0 saturated heterocycles. The Morgan fingerprint density at radius 2 is 1.67 bits per heavy atom. The molecule has 3 unspecified atom stereocenters. The maximum Gasteiger partial charge on any atom is 0.0790 e. The smallest absolute Gasteiger partial charge is 0.0790 e. The van der Waals surface area contributed by atoms with Crippen molar-refractivity contribution < 1.29 is 4.84 Å². The molecular weight excluding hydrogens is 150 g/mol. The fourth-order valence-electron chi connectivity index (χ4n) is 2.95. The van der Waals surface area contributed by atoms with Gasteiger partial charge in [0, 0.05) is 0 Å². The van der Waals surface area contributed by atoms with Crippen LogP contribution < -0.4 is 5.90 Å². The lowest BCUT2D eigenvalue weighted by molar-refractivity contribution is -0.0140. The molecule has 0 heterocycles. The van der Waals surface area contributed by atoms with Crippen LogP contribution >= 0.6 is 0 Å². The molecule has 12 heavy (non-hydrogen) atoms. The Morgan fingerprint density at radius 3 is 2.42 bits per heavy atom. The van der Waals surface area contributed by atoms with E-state index in [1.165, 1.54) is 44.9 Å². The van der Waals surface area contributed by atoms with Crippen molar-refractivity contribution in [1.29, 1.82) is 0 Å². The lowest BCUT2D eigenvalue weighted by Gasteiger charge is -2.38. The van der Waals surface area contributed by atoms with Gasteiger partial charge >= 0.3 is 0 Å². The van der Waals surface area contributed by atoms with Crippen LogP contribution in [-0.2, 0) is 4.84 Å². The quantitative estimate of drug-likeness (QED) is 0.611. The fourth-order valence-corrected chi connectivity index (χ4v) is 2.95. The van der Waals surface area contributed by atoms with Gasteiger partial charge in [-0.1, -0.05) is 25.7 Å². The highest BCUT2D eigenvalue weighted by molar-refractivity contribution is 4.83. The lowest BCUT2D eigenvalue weighted by atomic mass is 9.70. The van der Waals surface area contributed by atoms with Gasteiger partial charge in [0.2, 0.25) is 0 Å². The Kier molecular flexibility index (Phi) is 2.66. The summed E-state index contributed by atoms with van der Waals surface area (Å²) in [5.41, 5.74) is 0. The predicted molar refractivity (Wildman–Crippen MR) is 48.4 cm³/mol. The van der Waals surface area contributed by atoms with E-state index in [0.29, 0.717) is 6.10 Å². The van der Waals surface area contributed by atoms with Crippen LogP contribution in [0.2, 0.25) is 0 Å². The SMILES string of the molecule is NOC1CCC2CCCCC2C1. The first-order valence-electron chi connectivity index (χ1n) is 5.25. The number of hydrogen-bond donors (Lipinski definition) is 1. The van der Waals surface area contributed by atoms with Crippen molar-refractivity contribution in [3.63, 3.8) is 0 Å². The van der Waals surface area contributed by atoms with Crippen molar-refractivity contribution in [2.75, 3.05) is 0 Å². The summed E-state index contributed by atoms with van der Waals surface area (Å²) in [5.74, 6) is 7.16. The molecule has 0 radical (unpaired) electrons. The Morgan fingerprint density at radius 1 is 0.917 bits per heavy atom. The van der Waals surface area contributed by atoms with Gasteiger partial charge in [-0.3, -0.25) is 0 Å². The van der Waals surface area contributed by atoms with Gasteiger partial charge in [0.1, 0.15) is 0 Å². The first-order valence-corrected chi connectivity index (χ1v) is 5.25. The molecule has 70 valence electrons. The molecule has 0 spiro atoms. The van der Waals surface area contributed by atoms with Crippen LogP contribution in [0.25, 0.3) is 0 Å². The van der Waals surface area contributed by atoms with Crippen LogP contribution in [0.3, 0.4) is 0 Å². The number of hydrogen-bond acceptors (Lipinski definition) is 2. The average Bonchev–Trinajstić information content (AvgIpc) is 2.17. The number of nitrogens with two attached hydrogens (primary N) is 1. The van der Waals surface area contributed by atoms with Crippen LogP contribution in [0.5, 0.6) is 0 Å². The standard InChI is InChI=1S/C10H19NO/c11-12-10-6-5-8-3-1-2-4-9(8)7-10/h8-10H,1-7,11H2. The minimum atomic E-state index is 0.365. The minimum absolute atomic E-state index is 0.365. The normalized spacial score (nSPS) is 42.2. The van der Waals surface area contributed by atoms with E-state index in [-0.39, 0.29) is 0 Å². The van der Waals surface area contributed by atoms with Gasteiger partial charge in [0.05, 0.1) is 6.10 Å². The van der Waals surface area contributed by atoms with Crippen molar-refractivity contribution in [1.82, 2.24) is 0 Å². The lowest BCUT2D eigenvalue weighted by Crippen LogP contribution is -2.32. The van der Waals surface area contributed by atoms with Gasteiger partial charge in [0.15, 0.2) is 0 Å². The highest BCUT2D eigenvalue weighted by Crippen LogP contribution is 2.40. The molecule has 3 atom stereocenters. The highest BCUT2D eigenvalue weighted by Gasteiger charge is 2.32. The zero-order valence-corrected chi connectivity index (χ0v) is 7.67. The van der Waals surface area contributed by atoms with Crippen LogP contribution in [0.4, 0.5) is 0 Å². The third-order valence-corrected chi connectivity index (χ3v) is 3.68. The third kappa shape index (κ3) is 1.64. The summed E-state index contributed by atoms with van der Waals surface area (Å²) >= 11 is 0. The van der Waals surface area contributed by atoms with Gasteiger partial charge in [0.25, 0.3) is 0 Å². The number of fused-ring (bicyclic) bond motifs is 1. The van der Waals surface area contributed by atoms with E-state index in [9.17, 15) is 0 Å². The molecule has 2 fully saturated rings. The summed E-state index contributed by atoms with van der Waals surface area (Å²) < 4.78 is 0. The third-order valence-electron chi connectivity index (χ3n) is 3.68. The predicted octanol–water partition coefficient (Wildman–Crippen LogP) is 2.24. The molecule has 0 aliphatic heterocycles. The van der Waals surface area contributed by atoms with Crippen molar-refractivity contribution in [2.24, 2.45) is 17.7 Å². The van der Waals surface area contributed by atoms with E-state index in [1.807, 2.05) is 0 Å². The van der Waals surface area contributed by atoms with Crippen LogP contribution in [-0.4, -0.2) is 6.10 Å². The van der Waals surface area contributed by atoms with Crippen molar-refractivity contribution in [2.45, 2.75) is 51.0 Å². The molecular formula is C10H19NO. The molecule has 0 aromatic rings. The molecule has 2 heteroatoms. The molecule has 2 aliphatic carbocycles. The molecule has 2 saturated carbocycles. The van der Waals surface area contributed by atoms with E-state index in [0.717, 1.165) is 11.8 Å². The summed E-state index contributed by atoms with van der Waals surface area (Å²) in [7, 11) is 0. The first-order chi connectivity index (χ1) is 5.90. The summed E-state index contributed by atoms with van der Waals surface area (Å²) in [5, 5.41) is 0. The Bertz CT molecular complexity index is 149. The fraction of sp³-hybridized carbons (Fsp3) is 1.00. The summed E-state index contributed by atoms with van der Waals surface area (Å²) in [6.45, 7) is 0. The molecule has 2 nitrogen and oxygen atoms in total. The molecule has 0 bridgehead atoms. The van der Waals surface area contributed by atoms with Gasteiger partial charge < -0.3 is 4.84 Å². The Labute approximate surface area is 74.4 Å². The van der Waals surface area contributed by atoms with Crippen molar-refractivity contribution in [3.8, 4) is 0 Å². The molecule has 0 aromatic carbocycles. The molecule has 2 aliphatic rings. The molecule has 2 N–H and O–H groups in total. The van der Waals surface area contributed by atoms with Gasteiger partial charge in [-0.15, -0.1) is 0 Å². The van der Waals surface area contributed by atoms with Crippen molar-refractivity contribution >= 4 is 0 Å². The van der Waals surface area contributed by atoms with E-state index in [1.54, 1.807) is 0 Å². The van der Waals surface area contributed by atoms with Crippen molar-refractivity contribution in [3.05, 3.63) is 0 Å². The summed E-state index contributed by atoms with van der Waals surface area (Å²) in [6, 6.07) is 0. The zero-order chi connectivity index (χ0) is 8.39. The van der Waals surface area contributed by atoms with Crippen LogP contribution in [0.15, 0.2) is 0 Å². The molecule has 0 aromatic heterocycles. The van der Waals surface area contributed by atoms with E-state index in [2.05, 4.69) is 0 Å². The summed E-state index contributed by atoms with van der Waals surface area (Å²) in [4.78, 5) is 4.94. The number of rotatable bonds is 1.